The number of nitrogens with zero attached hydrogens (tertiary/aromatic N) is 2. The molecule has 2 heteroatoms. The number of aromatic nitrogens is 1. The highest BCUT2D eigenvalue weighted by atomic mass is 15.1. The lowest BCUT2D eigenvalue weighted by Gasteiger charge is -2.32. The van der Waals surface area contributed by atoms with Gasteiger partial charge in [-0.2, -0.15) is 0 Å². The topological polar surface area (TPSA) is 16.1 Å². The largest absolute Gasteiger partial charge is 0.377 e. The summed E-state index contributed by atoms with van der Waals surface area (Å²) in [6.07, 6.45) is 15.9. The summed E-state index contributed by atoms with van der Waals surface area (Å²) in [6, 6.07) is 2.23. The summed E-state index contributed by atoms with van der Waals surface area (Å²) in [5.41, 5.74) is 4.49. The maximum Gasteiger partial charge on any atom is 0.0489 e. The Balaban J connectivity index is 1.98. The number of anilines is 1. The predicted octanol–water partition coefficient (Wildman–Crippen LogP) is 5.24. The highest BCUT2D eigenvalue weighted by Gasteiger charge is 2.27. The van der Waals surface area contributed by atoms with Gasteiger partial charge < -0.3 is 4.90 Å². The van der Waals surface area contributed by atoms with Crippen molar-refractivity contribution < 1.29 is 0 Å². The Morgan fingerprint density at radius 3 is 2.00 bits per heavy atom. The Morgan fingerprint density at radius 1 is 0.857 bits per heavy atom. The van der Waals surface area contributed by atoms with Gasteiger partial charge in [0.25, 0.3) is 0 Å². The molecular formula is C19H30N2. The van der Waals surface area contributed by atoms with Gasteiger partial charge >= 0.3 is 0 Å². The van der Waals surface area contributed by atoms with Crippen molar-refractivity contribution in [3.63, 3.8) is 0 Å². The van der Waals surface area contributed by atoms with E-state index in [2.05, 4.69) is 25.1 Å². The molecule has 2 nitrogen and oxygen atoms in total. The van der Waals surface area contributed by atoms with Gasteiger partial charge in [-0.1, -0.05) is 38.5 Å². The van der Waals surface area contributed by atoms with Crippen LogP contribution in [-0.4, -0.2) is 19.1 Å². The third-order valence-corrected chi connectivity index (χ3v) is 5.49. The number of pyridine rings is 1. The zero-order valence-corrected chi connectivity index (χ0v) is 13.8. The fraction of sp³-hybridized carbons (Fsp3) is 0.737. The van der Waals surface area contributed by atoms with Crippen molar-refractivity contribution >= 4 is 5.69 Å². The van der Waals surface area contributed by atoms with Gasteiger partial charge in [-0.3, -0.25) is 4.98 Å². The molecule has 1 aromatic rings. The number of rotatable bonds is 3. The highest BCUT2D eigenvalue weighted by Crippen LogP contribution is 2.43. The number of hydrogen-bond acceptors (Lipinski definition) is 2. The molecule has 0 aliphatic heterocycles. The molecule has 0 amide bonds. The second-order valence-corrected chi connectivity index (χ2v) is 7.19. The molecule has 2 aliphatic rings. The van der Waals surface area contributed by atoms with E-state index in [-0.39, 0.29) is 0 Å². The van der Waals surface area contributed by atoms with Crippen LogP contribution in [0.25, 0.3) is 0 Å². The van der Waals surface area contributed by atoms with Gasteiger partial charge in [-0.25, -0.2) is 0 Å². The molecule has 0 N–H and O–H groups in total. The van der Waals surface area contributed by atoms with E-state index in [9.17, 15) is 0 Å². The molecule has 0 radical (unpaired) electrons. The maximum absolute atomic E-state index is 4.89. The Hall–Kier alpha value is -1.05. The minimum Gasteiger partial charge on any atom is -0.377 e. The van der Waals surface area contributed by atoms with Gasteiger partial charge in [0, 0.05) is 43.2 Å². The van der Waals surface area contributed by atoms with Crippen molar-refractivity contribution in [1.29, 1.82) is 0 Å². The molecule has 116 valence electrons. The molecule has 0 spiro atoms. The van der Waals surface area contributed by atoms with E-state index >= 15 is 0 Å². The van der Waals surface area contributed by atoms with Crippen LogP contribution in [0.15, 0.2) is 12.3 Å². The fourth-order valence-corrected chi connectivity index (χ4v) is 4.38. The van der Waals surface area contributed by atoms with Crippen molar-refractivity contribution in [2.24, 2.45) is 0 Å². The van der Waals surface area contributed by atoms with Gasteiger partial charge in [-0.05, 0) is 37.7 Å². The van der Waals surface area contributed by atoms with Crippen LogP contribution in [-0.2, 0) is 0 Å². The summed E-state index contributed by atoms with van der Waals surface area (Å²) in [5.74, 6) is 1.47. The van der Waals surface area contributed by atoms with Crippen LogP contribution in [0.1, 0.15) is 87.3 Å². The third kappa shape index (κ3) is 3.25. The van der Waals surface area contributed by atoms with Crippen molar-refractivity contribution in [2.75, 3.05) is 19.0 Å². The first kappa shape index (κ1) is 14.9. The quantitative estimate of drug-likeness (QED) is 0.755. The summed E-state index contributed by atoms with van der Waals surface area (Å²) in [7, 11) is 4.37. The second-order valence-electron chi connectivity index (χ2n) is 7.19. The first-order chi connectivity index (χ1) is 10.3. The van der Waals surface area contributed by atoms with Gasteiger partial charge in [0.05, 0.1) is 0 Å². The molecule has 0 saturated heterocycles. The summed E-state index contributed by atoms with van der Waals surface area (Å²) in [5, 5.41) is 0. The SMILES string of the molecule is CN(C)c1ccnc(C2CCCCC2)c1C1CCCCC1. The maximum atomic E-state index is 4.89. The Labute approximate surface area is 130 Å². The average Bonchev–Trinajstić information content (AvgIpc) is 2.55. The lowest BCUT2D eigenvalue weighted by atomic mass is 9.77. The molecule has 3 rings (SSSR count). The Kier molecular flexibility index (Phi) is 4.82. The zero-order valence-electron chi connectivity index (χ0n) is 13.8. The Bertz CT molecular complexity index is 455. The predicted molar refractivity (Wildman–Crippen MR) is 90.2 cm³/mol. The highest BCUT2D eigenvalue weighted by molar-refractivity contribution is 5.56. The lowest BCUT2D eigenvalue weighted by Crippen LogP contribution is -2.19. The molecule has 1 heterocycles. The Morgan fingerprint density at radius 2 is 1.43 bits per heavy atom. The zero-order chi connectivity index (χ0) is 14.7. The van der Waals surface area contributed by atoms with E-state index in [4.69, 9.17) is 4.98 Å². The first-order valence-corrected chi connectivity index (χ1v) is 8.93. The molecule has 0 bridgehead atoms. The van der Waals surface area contributed by atoms with Crippen LogP contribution < -0.4 is 4.90 Å². The number of hydrogen-bond donors (Lipinski definition) is 0. The van der Waals surface area contributed by atoms with Crippen molar-refractivity contribution in [1.82, 2.24) is 4.98 Å². The van der Waals surface area contributed by atoms with Gasteiger partial charge in [0.1, 0.15) is 0 Å². The minimum absolute atomic E-state index is 0.718. The second kappa shape index (κ2) is 6.81. The van der Waals surface area contributed by atoms with Crippen LogP contribution in [0, 0.1) is 0 Å². The van der Waals surface area contributed by atoms with Crippen molar-refractivity contribution in [2.45, 2.75) is 76.0 Å². The van der Waals surface area contributed by atoms with E-state index in [1.807, 2.05) is 6.20 Å². The van der Waals surface area contributed by atoms with Gasteiger partial charge in [-0.15, -0.1) is 0 Å². The molecule has 1 aromatic heterocycles. The van der Waals surface area contributed by atoms with E-state index in [1.54, 1.807) is 5.56 Å². The summed E-state index contributed by atoms with van der Waals surface area (Å²) in [6.45, 7) is 0. The lowest BCUT2D eigenvalue weighted by molar-refractivity contribution is 0.413. The standard InChI is InChI=1S/C19H30N2/c1-21(2)17-13-14-20-19(16-11-7-4-8-12-16)18(17)15-9-5-3-6-10-15/h13-16H,3-12H2,1-2H3. The molecule has 2 fully saturated rings. The van der Waals surface area contributed by atoms with E-state index in [0.717, 1.165) is 11.8 Å². The minimum atomic E-state index is 0.718. The summed E-state index contributed by atoms with van der Waals surface area (Å²) >= 11 is 0. The van der Waals surface area contributed by atoms with Crippen LogP contribution >= 0.6 is 0 Å². The fourth-order valence-electron chi connectivity index (χ4n) is 4.38. The molecule has 2 aliphatic carbocycles. The summed E-state index contributed by atoms with van der Waals surface area (Å²) < 4.78 is 0. The van der Waals surface area contributed by atoms with Crippen LogP contribution in [0.2, 0.25) is 0 Å². The molecule has 0 aromatic carbocycles. The first-order valence-electron chi connectivity index (χ1n) is 8.93. The van der Waals surface area contributed by atoms with Gasteiger partial charge in [0.15, 0.2) is 0 Å². The summed E-state index contributed by atoms with van der Waals surface area (Å²) in [4.78, 5) is 7.20. The average molecular weight is 286 g/mol. The van der Waals surface area contributed by atoms with Crippen LogP contribution in [0.4, 0.5) is 5.69 Å². The smallest absolute Gasteiger partial charge is 0.0489 e. The molecule has 2 saturated carbocycles. The van der Waals surface area contributed by atoms with Crippen molar-refractivity contribution in [3.05, 3.63) is 23.5 Å². The van der Waals surface area contributed by atoms with E-state index in [0.29, 0.717) is 0 Å². The van der Waals surface area contributed by atoms with Crippen LogP contribution in [0.5, 0.6) is 0 Å². The third-order valence-electron chi connectivity index (χ3n) is 5.49. The van der Waals surface area contributed by atoms with Crippen LogP contribution in [0.3, 0.4) is 0 Å². The van der Waals surface area contributed by atoms with Gasteiger partial charge in [0.2, 0.25) is 0 Å². The monoisotopic (exact) mass is 286 g/mol. The molecule has 21 heavy (non-hydrogen) atoms. The molecular weight excluding hydrogens is 256 g/mol. The molecule has 0 atom stereocenters. The van der Waals surface area contributed by atoms with E-state index < -0.39 is 0 Å². The normalized spacial score (nSPS) is 21.4. The van der Waals surface area contributed by atoms with Crippen molar-refractivity contribution in [3.8, 4) is 0 Å². The molecule has 0 unspecified atom stereocenters. The van der Waals surface area contributed by atoms with E-state index in [1.165, 1.54) is 75.6 Å².